The van der Waals surface area contributed by atoms with Crippen LogP contribution in [-0.2, 0) is 37.3 Å². The van der Waals surface area contributed by atoms with E-state index in [0.717, 1.165) is 22.8 Å². The number of para-hydroxylation sites is 1. The molecule has 0 aliphatic rings. The van der Waals surface area contributed by atoms with E-state index >= 15 is 0 Å². The second kappa shape index (κ2) is 17.8. The maximum absolute atomic E-state index is 13.2. The van der Waals surface area contributed by atoms with Gasteiger partial charge in [-0.2, -0.15) is 0 Å². The minimum atomic E-state index is -4.36. The Morgan fingerprint density at radius 3 is 1.88 bits per heavy atom. The number of nitrogens with zero attached hydrogens (tertiary/aromatic N) is 3. The second-order valence-corrected chi connectivity index (χ2v) is 15.8. The van der Waals surface area contributed by atoms with Crippen molar-refractivity contribution < 1.29 is 67.3 Å². The topological polar surface area (TPSA) is 50.9 Å². The van der Waals surface area contributed by atoms with Crippen molar-refractivity contribution in [1.29, 1.82) is 0 Å². The summed E-state index contributed by atoms with van der Waals surface area (Å²) in [6, 6.07) is 40.8. The van der Waals surface area contributed by atoms with Gasteiger partial charge in [-0.15, -0.1) is 23.8 Å². The Bertz CT molecular complexity index is 4230. The van der Waals surface area contributed by atoms with Crippen molar-refractivity contribution in [2.75, 3.05) is 0 Å². The van der Waals surface area contributed by atoms with E-state index in [1.807, 2.05) is 0 Å². The smallest absolute Gasteiger partial charge is 0.148 e. The van der Waals surface area contributed by atoms with Gasteiger partial charge in [-0.1, -0.05) is 199 Å². The molecular formula is C61H58N3OPt-. The monoisotopic (exact) mass is 1070 g/mol. The van der Waals surface area contributed by atoms with Crippen LogP contribution in [0, 0.1) is 12.9 Å². The van der Waals surface area contributed by atoms with Crippen molar-refractivity contribution in [2.24, 2.45) is 0 Å². The van der Waals surface area contributed by atoms with Gasteiger partial charge in [0.05, 0.1) is 22.3 Å². The van der Waals surface area contributed by atoms with Gasteiger partial charge < -0.3 is 5.11 Å². The molecular weight excluding hydrogens is 986 g/mol. The number of aryl methyl sites for hydroxylation is 1. The molecule has 0 saturated heterocycles. The molecule has 0 radical (unpaired) electrons. The Balaban J connectivity index is 0.0000118. The molecule has 334 valence electrons. The summed E-state index contributed by atoms with van der Waals surface area (Å²) in [4.78, 5) is 9.72. The number of aromatic nitrogens is 3. The molecule has 0 aliphatic heterocycles. The summed E-state index contributed by atoms with van der Waals surface area (Å²) in [5.41, 5.74) is -14.5. The molecule has 0 atom stereocenters. The zero-order valence-corrected chi connectivity index (χ0v) is 37.0. The largest absolute Gasteiger partial charge is 0.507 e. The number of rotatable bonds is 7. The van der Waals surface area contributed by atoms with E-state index in [1.165, 1.54) is 60.8 Å². The molecule has 66 heavy (non-hydrogen) atoms. The third kappa shape index (κ3) is 9.09. The number of fused-ring (bicyclic) bond motifs is 1. The van der Waals surface area contributed by atoms with Crippen molar-refractivity contribution in [2.45, 2.75) is 84.8 Å². The van der Waals surface area contributed by atoms with E-state index in [-0.39, 0.29) is 71.7 Å². The van der Waals surface area contributed by atoms with Crippen LogP contribution in [-0.4, -0.2) is 19.6 Å². The molecule has 1 N–H and O–H groups in total. The maximum Gasteiger partial charge on any atom is 0.148 e. The summed E-state index contributed by atoms with van der Waals surface area (Å²) in [6.45, 7) is -39.6. The van der Waals surface area contributed by atoms with Gasteiger partial charge in [0.1, 0.15) is 11.6 Å². The molecule has 0 fully saturated rings. The molecule has 2 aromatic heterocycles. The minimum Gasteiger partial charge on any atom is -0.507 e. The number of phenolic OH excluding ortho intramolecular Hbond substituents is 1. The molecule has 9 aromatic rings. The minimum absolute atomic E-state index is 0. The number of hydrogen-bond acceptors (Lipinski definition) is 3. The fourth-order valence-electron chi connectivity index (χ4n) is 7.93. The Morgan fingerprint density at radius 1 is 0.530 bits per heavy atom. The Morgan fingerprint density at radius 2 is 1.18 bits per heavy atom. The van der Waals surface area contributed by atoms with Crippen LogP contribution in [0.5, 0.6) is 5.75 Å². The summed E-state index contributed by atoms with van der Waals surface area (Å²) < 4.78 is 261. The van der Waals surface area contributed by atoms with Crippen LogP contribution < -0.4 is 0 Å². The first-order chi connectivity index (χ1) is 43.4. The predicted molar refractivity (Wildman–Crippen MR) is 273 cm³/mol. The van der Waals surface area contributed by atoms with Gasteiger partial charge in [-0.05, 0) is 86.8 Å². The van der Waals surface area contributed by atoms with Crippen molar-refractivity contribution in [3.05, 3.63) is 192 Å². The zero-order chi connectivity index (χ0) is 70.8. The molecule has 5 heteroatoms. The Hall–Kier alpha value is -6.35. The van der Waals surface area contributed by atoms with Gasteiger partial charge in [0, 0.05) is 85.2 Å². The van der Waals surface area contributed by atoms with Crippen molar-refractivity contribution in [3.63, 3.8) is 0 Å². The molecule has 4 nitrogen and oxygen atoms in total. The average molecular weight is 1070 g/mol. The van der Waals surface area contributed by atoms with Gasteiger partial charge in [-0.25, -0.2) is 4.98 Å². The number of imidazole rings is 1. The number of phenols is 1. The van der Waals surface area contributed by atoms with E-state index < -0.39 is 119 Å². The van der Waals surface area contributed by atoms with Crippen molar-refractivity contribution in [1.82, 2.24) is 14.5 Å². The van der Waals surface area contributed by atoms with E-state index in [0.29, 0.717) is 39.6 Å². The third-order valence-electron chi connectivity index (χ3n) is 11.1. The van der Waals surface area contributed by atoms with Gasteiger partial charge in [0.25, 0.3) is 0 Å². The summed E-state index contributed by atoms with van der Waals surface area (Å²) in [5, 5.41) is 13.2. The van der Waals surface area contributed by atoms with Crippen molar-refractivity contribution in [3.8, 4) is 78.6 Å². The first-order valence-electron chi connectivity index (χ1n) is 35.2. The fraction of sp³-hybridized carbons (Fsp3) is 0.213. The second-order valence-electron chi connectivity index (χ2n) is 15.8. The quantitative estimate of drug-likeness (QED) is 0.162. The van der Waals surface area contributed by atoms with Crippen LogP contribution in [0.3, 0.4) is 0 Å². The van der Waals surface area contributed by atoms with Crippen LogP contribution in [0.4, 0.5) is 0 Å². The SMILES string of the molecule is [2H]C([2H])([2H])c1ccc(-c2ccnc(-c3[c-]c(-c4cccc5c4nc(-c4cc(C(C([2H])([2H])[2H])(C([2H])([2H])[2H])C([2H])([2H])[2H])cc(C(C([2H])([2H])[2H])(C([2H])([2H])[2H])C([2H])([2H])[2H])c4O)n5-c4ccc(C(C([2H])([2H])[2H])(C([2H])([2H])[2H])C([2H])([2H])[2H])cc4-c4ccccc4)cc(-c4ccccc4)c3)c2)cc1.[Pt]. The Kier molecular flexibility index (Phi) is 5.92. The Labute approximate surface area is 447 Å². The predicted octanol–water partition coefficient (Wildman–Crippen LogP) is 16.1. The maximum atomic E-state index is 13.2. The molecule has 0 saturated carbocycles. The zero-order valence-electron chi connectivity index (χ0n) is 64.7. The standard InChI is InChI=1S/C61H58N3O.Pt/c1-39-24-26-41(27-25-39)43-30-31-62-53(35-43)46-33-44(40-18-13-11-14-19-40)32-45(34-46)49-22-17-23-55-56(49)63-58(51-37-48(60(5,6)7)38-52(57(51)65)61(8,9)10)64(55)54-29-28-47(59(2,3)4)36-50(54)42-20-15-12-16-21-42;/h11-33,35-38,65H,1-10H3;/q-1;/i1D3,2D3,3D3,4D3,5D3,6D3,7D3,8D3,9D3,10D3;. The van der Waals surface area contributed by atoms with Crippen molar-refractivity contribution >= 4 is 11.0 Å². The number of hydrogen-bond donors (Lipinski definition) is 1. The number of benzene rings is 7. The van der Waals surface area contributed by atoms with E-state index in [9.17, 15) is 5.11 Å². The summed E-state index contributed by atoms with van der Waals surface area (Å²) in [6.07, 6.45) is 1.52. The van der Waals surface area contributed by atoms with Crippen LogP contribution in [0.15, 0.2) is 164 Å². The number of aromatic hydroxyl groups is 1. The molecule has 0 bridgehead atoms. The molecule has 0 spiro atoms. The van der Waals surface area contributed by atoms with Gasteiger partial charge in [0.2, 0.25) is 0 Å². The van der Waals surface area contributed by atoms with Crippen LogP contribution >= 0.6 is 0 Å². The van der Waals surface area contributed by atoms with Crippen LogP contribution in [0.1, 0.15) is 125 Å². The van der Waals surface area contributed by atoms with Gasteiger partial charge in [-0.3, -0.25) is 9.55 Å². The molecule has 0 amide bonds. The molecule has 7 aromatic carbocycles. The molecule has 0 unspecified atom stereocenters. The van der Waals surface area contributed by atoms with Gasteiger partial charge >= 0.3 is 0 Å². The summed E-state index contributed by atoms with van der Waals surface area (Å²) >= 11 is 0. The van der Waals surface area contributed by atoms with Crippen LogP contribution in [0.25, 0.3) is 83.9 Å². The first kappa shape index (κ1) is 22.0. The van der Waals surface area contributed by atoms with E-state index in [2.05, 4.69) is 11.1 Å². The van der Waals surface area contributed by atoms with E-state index in [4.69, 9.17) is 46.1 Å². The van der Waals surface area contributed by atoms with Crippen LogP contribution in [0.2, 0.25) is 0 Å². The molecule has 0 aliphatic carbocycles. The average Bonchev–Trinajstić information content (AvgIpc) is 0.809. The molecule has 9 rings (SSSR count). The van der Waals surface area contributed by atoms with E-state index in [1.54, 1.807) is 72.8 Å². The molecule has 2 heterocycles. The summed E-state index contributed by atoms with van der Waals surface area (Å²) in [5.74, 6) is -2.41. The number of pyridine rings is 1. The van der Waals surface area contributed by atoms with Gasteiger partial charge in [0.15, 0.2) is 0 Å². The first-order valence-corrected chi connectivity index (χ1v) is 20.2. The summed E-state index contributed by atoms with van der Waals surface area (Å²) in [7, 11) is 0. The fourth-order valence-corrected chi connectivity index (χ4v) is 7.93. The third-order valence-corrected chi connectivity index (χ3v) is 11.1. The normalized spacial score (nSPS) is 20.7.